The molecule has 3 unspecified atom stereocenters. The number of esters is 1. The zero-order valence-corrected chi connectivity index (χ0v) is 20.4. The fourth-order valence-electron chi connectivity index (χ4n) is 4.34. The van der Waals surface area contributed by atoms with Crippen molar-refractivity contribution in [1.82, 2.24) is 10.8 Å². The number of cyclic esters (lactones) is 1. The minimum atomic E-state index is -1.25. The van der Waals surface area contributed by atoms with Gasteiger partial charge < -0.3 is 14.8 Å². The van der Waals surface area contributed by atoms with Gasteiger partial charge in [-0.15, -0.1) is 0 Å². The van der Waals surface area contributed by atoms with Crippen molar-refractivity contribution in [1.29, 1.82) is 0 Å². The standard InChI is InChI=1S/C26H34N2O6/c1-6-33-20(23(30)28-32)19(14-16-11-12-17-9-7-8-10-18(17)13-16)22(29)27-21-24(31)34-15-26(21,5)25(2,3)4/h7-13,19-21,32H,6,14-15H2,1-5H3,(H,27,29)(H,28,30)/t19?,20?,21-,26?/m1/s1. The largest absolute Gasteiger partial charge is 0.463 e. The van der Waals surface area contributed by atoms with Crippen LogP contribution in [0.3, 0.4) is 0 Å². The van der Waals surface area contributed by atoms with E-state index in [0.717, 1.165) is 16.3 Å². The van der Waals surface area contributed by atoms with E-state index in [-0.39, 0.29) is 25.0 Å². The zero-order chi connectivity index (χ0) is 25.1. The molecule has 0 radical (unpaired) electrons. The Hall–Kier alpha value is -2.97. The van der Waals surface area contributed by atoms with Crippen LogP contribution in [0.1, 0.15) is 40.2 Å². The summed E-state index contributed by atoms with van der Waals surface area (Å²) in [5.41, 5.74) is 1.44. The molecule has 2 aromatic carbocycles. The Kier molecular flexibility index (Phi) is 7.63. The van der Waals surface area contributed by atoms with Crippen molar-refractivity contribution in [2.24, 2.45) is 16.7 Å². The average Bonchev–Trinajstić information content (AvgIpc) is 3.10. The highest BCUT2D eigenvalue weighted by Crippen LogP contribution is 2.45. The first-order valence-electron chi connectivity index (χ1n) is 11.5. The van der Waals surface area contributed by atoms with Gasteiger partial charge in [0.25, 0.3) is 5.91 Å². The minimum absolute atomic E-state index is 0.158. The number of hydrogen-bond donors (Lipinski definition) is 3. The van der Waals surface area contributed by atoms with Gasteiger partial charge >= 0.3 is 5.97 Å². The van der Waals surface area contributed by atoms with E-state index in [2.05, 4.69) is 5.32 Å². The molecule has 2 aromatic rings. The molecule has 3 rings (SSSR count). The van der Waals surface area contributed by atoms with Crippen LogP contribution in [0.4, 0.5) is 0 Å². The molecule has 1 heterocycles. The summed E-state index contributed by atoms with van der Waals surface area (Å²) in [6, 6.07) is 12.8. The molecule has 8 heteroatoms. The highest BCUT2D eigenvalue weighted by Gasteiger charge is 2.55. The molecular formula is C26H34N2O6. The Balaban J connectivity index is 1.95. The number of benzene rings is 2. The highest BCUT2D eigenvalue weighted by molar-refractivity contribution is 5.92. The lowest BCUT2D eigenvalue weighted by molar-refractivity contribution is -0.151. The highest BCUT2D eigenvalue weighted by atomic mass is 16.5. The summed E-state index contributed by atoms with van der Waals surface area (Å²) in [6.07, 6.45) is -1.08. The topological polar surface area (TPSA) is 114 Å². The van der Waals surface area contributed by atoms with Gasteiger partial charge in [0.15, 0.2) is 0 Å². The van der Waals surface area contributed by atoms with Crippen molar-refractivity contribution >= 4 is 28.6 Å². The first kappa shape index (κ1) is 25.6. The predicted octanol–water partition coefficient (Wildman–Crippen LogP) is 3.00. The number of amides is 2. The fourth-order valence-corrected chi connectivity index (χ4v) is 4.34. The van der Waals surface area contributed by atoms with E-state index in [1.54, 1.807) is 12.4 Å². The maximum atomic E-state index is 13.6. The van der Waals surface area contributed by atoms with Gasteiger partial charge in [-0.25, -0.2) is 10.3 Å². The minimum Gasteiger partial charge on any atom is -0.463 e. The second-order valence-electron chi connectivity index (χ2n) is 10.1. The number of rotatable bonds is 8. The van der Waals surface area contributed by atoms with Gasteiger partial charge in [0, 0.05) is 12.0 Å². The third-order valence-electron chi connectivity index (χ3n) is 7.07. The molecule has 1 fully saturated rings. The van der Waals surface area contributed by atoms with Crippen molar-refractivity contribution in [2.45, 2.75) is 53.2 Å². The molecule has 0 spiro atoms. The first-order valence-corrected chi connectivity index (χ1v) is 11.5. The molecule has 3 N–H and O–H groups in total. The Morgan fingerprint density at radius 2 is 1.85 bits per heavy atom. The Labute approximate surface area is 200 Å². The monoisotopic (exact) mass is 470 g/mol. The summed E-state index contributed by atoms with van der Waals surface area (Å²) in [6.45, 7) is 9.91. The normalized spacial score (nSPS) is 22.2. The number of carbonyl (C=O) groups excluding carboxylic acids is 3. The van der Waals surface area contributed by atoms with Crippen LogP contribution in [0.15, 0.2) is 42.5 Å². The van der Waals surface area contributed by atoms with Gasteiger partial charge in [0.05, 0.1) is 12.5 Å². The van der Waals surface area contributed by atoms with Gasteiger partial charge in [0.2, 0.25) is 5.91 Å². The van der Waals surface area contributed by atoms with Crippen molar-refractivity contribution < 1.29 is 29.1 Å². The maximum Gasteiger partial charge on any atom is 0.329 e. The number of fused-ring (bicyclic) bond motifs is 1. The van der Waals surface area contributed by atoms with Crippen LogP contribution in [-0.2, 0) is 30.3 Å². The lowest BCUT2D eigenvalue weighted by Crippen LogP contribution is -2.56. The van der Waals surface area contributed by atoms with E-state index < -0.39 is 41.3 Å². The van der Waals surface area contributed by atoms with Crippen molar-refractivity contribution in [2.75, 3.05) is 13.2 Å². The van der Waals surface area contributed by atoms with Crippen molar-refractivity contribution in [3.05, 3.63) is 48.0 Å². The van der Waals surface area contributed by atoms with E-state index in [0.29, 0.717) is 0 Å². The molecular weight excluding hydrogens is 436 g/mol. The number of hydroxylamine groups is 1. The van der Waals surface area contributed by atoms with Gasteiger partial charge in [-0.3, -0.25) is 14.8 Å². The summed E-state index contributed by atoms with van der Waals surface area (Å²) in [4.78, 5) is 38.7. The van der Waals surface area contributed by atoms with Gasteiger partial charge in [-0.2, -0.15) is 0 Å². The molecule has 184 valence electrons. The smallest absolute Gasteiger partial charge is 0.329 e. The fraction of sp³-hybridized carbons (Fsp3) is 0.500. The van der Waals surface area contributed by atoms with Gasteiger partial charge in [-0.05, 0) is 35.1 Å². The third-order valence-corrected chi connectivity index (χ3v) is 7.07. The van der Waals surface area contributed by atoms with Crippen LogP contribution in [0, 0.1) is 16.7 Å². The molecule has 8 nitrogen and oxygen atoms in total. The SMILES string of the molecule is CCOC(C(=O)NO)C(Cc1ccc2ccccc2c1)C(=O)N[C@@H]1C(=O)OCC1(C)C(C)(C)C. The Bertz CT molecular complexity index is 1060. The van der Waals surface area contributed by atoms with E-state index in [9.17, 15) is 19.6 Å². The van der Waals surface area contributed by atoms with E-state index in [1.807, 2.05) is 70.2 Å². The molecule has 1 aliphatic heterocycles. The summed E-state index contributed by atoms with van der Waals surface area (Å²) in [5.74, 6) is -2.84. The molecule has 1 saturated heterocycles. The van der Waals surface area contributed by atoms with Crippen molar-refractivity contribution in [3.63, 3.8) is 0 Å². The Morgan fingerprint density at radius 3 is 2.47 bits per heavy atom. The second-order valence-corrected chi connectivity index (χ2v) is 10.1. The van der Waals surface area contributed by atoms with Crippen LogP contribution in [-0.4, -0.2) is 48.4 Å². The first-order chi connectivity index (χ1) is 16.0. The van der Waals surface area contributed by atoms with Crippen molar-refractivity contribution in [3.8, 4) is 0 Å². The zero-order valence-electron chi connectivity index (χ0n) is 20.4. The van der Waals surface area contributed by atoms with E-state index in [1.165, 1.54) is 0 Å². The summed E-state index contributed by atoms with van der Waals surface area (Å²) in [7, 11) is 0. The molecule has 0 saturated carbocycles. The molecule has 34 heavy (non-hydrogen) atoms. The lowest BCUT2D eigenvalue weighted by Gasteiger charge is -2.40. The third kappa shape index (κ3) is 5.08. The molecule has 1 aliphatic rings. The molecule has 0 aliphatic carbocycles. The molecule has 2 amide bonds. The number of hydrogen-bond acceptors (Lipinski definition) is 6. The van der Waals surface area contributed by atoms with E-state index in [4.69, 9.17) is 9.47 Å². The van der Waals surface area contributed by atoms with Crippen LogP contribution < -0.4 is 10.8 Å². The summed E-state index contributed by atoms with van der Waals surface area (Å²) >= 11 is 0. The molecule has 4 atom stereocenters. The number of nitrogens with one attached hydrogen (secondary N) is 2. The molecule has 0 aromatic heterocycles. The second kappa shape index (κ2) is 10.1. The molecule has 0 bridgehead atoms. The van der Waals surface area contributed by atoms with Crippen LogP contribution >= 0.6 is 0 Å². The predicted molar refractivity (Wildman–Crippen MR) is 127 cm³/mol. The van der Waals surface area contributed by atoms with Crippen LogP contribution in [0.5, 0.6) is 0 Å². The van der Waals surface area contributed by atoms with Crippen LogP contribution in [0.2, 0.25) is 0 Å². The quantitative estimate of drug-likeness (QED) is 0.311. The number of carbonyl (C=O) groups is 3. The lowest BCUT2D eigenvalue weighted by atomic mass is 9.65. The average molecular weight is 471 g/mol. The summed E-state index contributed by atoms with van der Waals surface area (Å²) < 4.78 is 10.9. The van der Waals surface area contributed by atoms with Gasteiger partial charge in [0.1, 0.15) is 12.1 Å². The number of ether oxygens (including phenoxy) is 2. The van der Waals surface area contributed by atoms with Crippen LogP contribution in [0.25, 0.3) is 10.8 Å². The van der Waals surface area contributed by atoms with Gasteiger partial charge in [-0.1, -0.05) is 70.2 Å². The van der Waals surface area contributed by atoms with E-state index >= 15 is 0 Å². The Morgan fingerprint density at radius 1 is 1.18 bits per heavy atom. The maximum absolute atomic E-state index is 13.6. The summed E-state index contributed by atoms with van der Waals surface area (Å²) in [5, 5.41) is 14.2.